The standard InChI is InChI=1S/C14H24N2O/c1-4-16(5-2)10-11-17-14-9-7-6-8-13(14)12(3)15/h6-9,12H,4-5,10-11,15H2,1-3H3. The molecule has 1 aromatic rings. The number of likely N-dealkylation sites (N-methyl/N-ethyl adjacent to an activating group) is 1. The first-order chi connectivity index (χ1) is 8.19. The molecule has 1 atom stereocenters. The first-order valence-corrected chi connectivity index (χ1v) is 6.38. The summed E-state index contributed by atoms with van der Waals surface area (Å²) in [5, 5.41) is 0. The van der Waals surface area contributed by atoms with E-state index in [1.165, 1.54) is 0 Å². The van der Waals surface area contributed by atoms with Crippen LogP contribution in [-0.2, 0) is 0 Å². The van der Waals surface area contributed by atoms with Crippen LogP contribution in [-0.4, -0.2) is 31.1 Å². The fourth-order valence-corrected chi connectivity index (χ4v) is 1.81. The van der Waals surface area contributed by atoms with Crippen LogP contribution in [0, 0.1) is 0 Å². The van der Waals surface area contributed by atoms with Crippen molar-refractivity contribution in [2.75, 3.05) is 26.2 Å². The summed E-state index contributed by atoms with van der Waals surface area (Å²) in [5.41, 5.74) is 6.98. The first kappa shape index (κ1) is 14.0. The van der Waals surface area contributed by atoms with E-state index in [0.29, 0.717) is 6.61 Å². The third-order valence-electron chi connectivity index (χ3n) is 2.97. The van der Waals surface area contributed by atoms with E-state index in [-0.39, 0.29) is 6.04 Å². The van der Waals surface area contributed by atoms with Gasteiger partial charge in [-0.2, -0.15) is 0 Å². The number of para-hydroxylation sites is 1. The minimum absolute atomic E-state index is 0.0136. The van der Waals surface area contributed by atoms with E-state index in [9.17, 15) is 0 Å². The van der Waals surface area contributed by atoms with Crippen LogP contribution in [0.4, 0.5) is 0 Å². The Bertz CT molecular complexity index is 322. The summed E-state index contributed by atoms with van der Waals surface area (Å²) >= 11 is 0. The van der Waals surface area contributed by atoms with Gasteiger partial charge in [-0.3, -0.25) is 0 Å². The first-order valence-electron chi connectivity index (χ1n) is 6.38. The predicted octanol–water partition coefficient (Wildman–Crippen LogP) is 2.43. The Kier molecular flexibility index (Phi) is 6.01. The molecule has 0 radical (unpaired) electrons. The fourth-order valence-electron chi connectivity index (χ4n) is 1.81. The highest BCUT2D eigenvalue weighted by molar-refractivity contribution is 5.35. The molecule has 0 aromatic heterocycles. The van der Waals surface area contributed by atoms with Crippen molar-refractivity contribution in [3.05, 3.63) is 29.8 Å². The Morgan fingerprint density at radius 1 is 1.24 bits per heavy atom. The molecule has 96 valence electrons. The molecule has 0 aliphatic heterocycles. The quantitative estimate of drug-likeness (QED) is 0.790. The SMILES string of the molecule is CCN(CC)CCOc1ccccc1C(C)N. The van der Waals surface area contributed by atoms with Crippen LogP contribution in [0.25, 0.3) is 0 Å². The second-order valence-corrected chi connectivity index (χ2v) is 4.20. The van der Waals surface area contributed by atoms with Gasteiger partial charge in [0.2, 0.25) is 0 Å². The maximum absolute atomic E-state index is 5.91. The van der Waals surface area contributed by atoms with Gasteiger partial charge in [0.05, 0.1) is 0 Å². The monoisotopic (exact) mass is 236 g/mol. The zero-order valence-electron chi connectivity index (χ0n) is 11.1. The zero-order valence-corrected chi connectivity index (χ0v) is 11.1. The van der Waals surface area contributed by atoms with Crippen LogP contribution in [0.15, 0.2) is 24.3 Å². The molecule has 3 nitrogen and oxygen atoms in total. The third-order valence-corrected chi connectivity index (χ3v) is 2.97. The molecule has 0 aliphatic rings. The number of nitrogens with two attached hydrogens (primary N) is 1. The summed E-state index contributed by atoms with van der Waals surface area (Å²) in [6.45, 7) is 10.1. The van der Waals surface area contributed by atoms with Crippen molar-refractivity contribution >= 4 is 0 Å². The molecule has 17 heavy (non-hydrogen) atoms. The van der Waals surface area contributed by atoms with Crippen molar-refractivity contribution in [3.63, 3.8) is 0 Å². The molecular formula is C14H24N2O. The number of hydrogen-bond acceptors (Lipinski definition) is 3. The number of ether oxygens (including phenoxy) is 1. The molecule has 1 aromatic carbocycles. The van der Waals surface area contributed by atoms with Crippen LogP contribution in [0.1, 0.15) is 32.4 Å². The van der Waals surface area contributed by atoms with E-state index in [0.717, 1.165) is 30.9 Å². The molecular weight excluding hydrogens is 212 g/mol. The highest BCUT2D eigenvalue weighted by Gasteiger charge is 2.07. The molecule has 0 amide bonds. The Labute approximate surface area is 105 Å². The van der Waals surface area contributed by atoms with Crippen LogP contribution in [0.2, 0.25) is 0 Å². The molecule has 1 unspecified atom stereocenters. The van der Waals surface area contributed by atoms with Crippen molar-refractivity contribution in [1.29, 1.82) is 0 Å². The van der Waals surface area contributed by atoms with Crippen molar-refractivity contribution in [1.82, 2.24) is 4.90 Å². The Balaban J connectivity index is 2.51. The fraction of sp³-hybridized carbons (Fsp3) is 0.571. The minimum Gasteiger partial charge on any atom is -0.492 e. The van der Waals surface area contributed by atoms with Crippen molar-refractivity contribution < 1.29 is 4.74 Å². The lowest BCUT2D eigenvalue weighted by atomic mass is 10.1. The van der Waals surface area contributed by atoms with E-state index in [1.54, 1.807) is 0 Å². The summed E-state index contributed by atoms with van der Waals surface area (Å²) < 4.78 is 5.81. The second kappa shape index (κ2) is 7.30. The van der Waals surface area contributed by atoms with Gasteiger partial charge >= 0.3 is 0 Å². The molecule has 3 heteroatoms. The molecule has 0 spiro atoms. The smallest absolute Gasteiger partial charge is 0.124 e. The van der Waals surface area contributed by atoms with Crippen LogP contribution < -0.4 is 10.5 Å². The van der Waals surface area contributed by atoms with Gasteiger partial charge in [-0.15, -0.1) is 0 Å². The van der Waals surface area contributed by atoms with Gasteiger partial charge in [0.1, 0.15) is 12.4 Å². The number of rotatable bonds is 7. The lowest BCUT2D eigenvalue weighted by Gasteiger charge is -2.19. The van der Waals surface area contributed by atoms with E-state index >= 15 is 0 Å². The lowest BCUT2D eigenvalue weighted by Crippen LogP contribution is -2.28. The molecule has 0 fully saturated rings. The Morgan fingerprint density at radius 3 is 2.47 bits per heavy atom. The van der Waals surface area contributed by atoms with Crippen LogP contribution in [0.3, 0.4) is 0 Å². The third kappa shape index (κ3) is 4.36. The van der Waals surface area contributed by atoms with Crippen molar-refractivity contribution in [3.8, 4) is 5.75 Å². The van der Waals surface area contributed by atoms with Gasteiger partial charge in [-0.05, 0) is 26.1 Å². The summed E-state index contributed by atoms with van der Waals surface area (Å²) in [6, 6.07) is 8.01. The highest BCUT2D eigenvalue weighted by atomic mass is 16.5. The highest BCUT2D eigenvalue weighted by Crippen LogP contribution is 2.22. The summed E-state index contributed by atoms with van der Waals surface area (Å²) in [5.74, 6) is 0.912. The van der Waals surface area contributed by atoms with E-state index in [1.807, 2.05) is 31.2 Å². The van der Waals surface area contributed by atoms with Crippen LogP contribution in [0.5, 0.6) is 5.75 Å². The summed E-state index contributed by atoms with van der Waals surface area (Å²) in [6.07, 6.45) is 0. The normalized spacial score (nSPS) is 12.8. The summed E-state index contributed by atoms with van der Waals surface area (Å²) in [4.78, 5) is 2.34. The number of hydrogen-bond donors (Lipinski definition) is 1. The maximum Gasteiger partial charge on any atom is 0.124 e. The predicted molar refractivity (Wildman–Crippen MR) is 72.3 cm³/mol. The van der Waals surface area contributed by atoms with Crippen molar-refractivity contribution in [2.24, 2.45) is 5.73 Å². The van der Waals surface area contributed by atoms with Gasteiger partial charge in [0.25, 0.3) is 0 Å². The maximum atomic E-state index is 5.91. The Hall–Kier alpha value is -1.06. The van der Waals surface area contributed by atoms with Gasteiger partial charge in [0, 0.05) is 18.2 Å². The van der Waals surface area contributed by atoms with E-state index in [4.69, 9.17) is 10.5 Å². The van der Waals surface area contributed by atoms with Gasteiger partial charge in [-0.25, -0.2) is 0 Å². The molecule has 0 bridgehead atoms. The lowest BCUT2D eigenvalue weighted by molar-refractivity contribution is 0.221. The minimum atomic E-state index is 0.0136. The van der Waals surface area contributed by atoms with Gasteiger partial charge in [-0.1, -0.05) is 32.0 Å². The molecule has 2 N–H and O–H groups in total. The second-order valence-electron chi connectivity index (χ2n) is 4.20. The van der Waals surface area contributed by atoms with Crippen molar-refractivity contribution in [2.45, 2.75) is 26.8 Å². The number of benzene rings is 1. The van der Waals surface area contributed by atoms with Crippen LogP contribution >= 0.6 is 0 Å². The van der Waals surface area contributed by atoms with E-state index < -0.39 is 0 Å². The number of nitrogens with zero attached hydrogens (tertiary/aromatic N) is 1. The van der Waals surface area contributed by atoms with Gasteiger partial charge < -0.3 is 15.4 Å². The molecule has 1 rings (SSSR count). The van der Waals surface area contributed by atoms with Gasteiger partial charge in [0.15, 0.2) is 0 Å². The average molecular weight is 236 g/mol. The molecule has 0 saturated carbocycles. The largest absolute Gasteiger partial charge is 0.492 e. The van der Waals surface area contributed by atoms with E-state index in [2.05, 4.69) is 18.7 Å². The molecule has 0 saturated heterocycles. The molecule has 0 heterocycles. The summed E-state index contributed by atoms with van der Waals surface area (Å²) in [7, 11) is 0. The zero-order chi connectivity index (χ0) is 12.7. The topological polar surface area (TPSA) is 38.5 Å². The Morgan fingerprint density at radius 2 is 1.88 bits per heavy atom. The average Bonchev–Trinajstić information content (AvgIpc) is 2.35. The molecule has 0 aliphatic carbocycles.